The fourth-order valence-electron chi connectivity index (χ4n) is 2.08. The van der Waals surface area contributed by atoms with Crippen molar-refractivity contribution in [3.8, 4) is 11.6 Å². The van der Waals surface area contributed by atoms with Crippen LogP contribution in [-0.2, 0) is 0 Å². The Kier molecular flexibility index (Phi) is 5.54. The van der Waals surface area contributed by atoms with Crippen LogP contribution in [0.25, 0.3) is 5.69 Å². The first kappa shape index (κ1) is 16.2. The molecule has 1 aromatic carbocycles. The van der Waals surface area contributed by atoms with Crippen LogP contribution in [-0.4, -0.2) is 16.4 Å². The number of ether oxygens (including phenoxy) is 1. The third-order valence-corrected chi connectivity index (χ3v) is 4.25. The predicted molar refractivity (Wildman–Crippen MR) is 88.1 cm³/mol. The molecule has 114 valence electrons. The van der Waals surface area contributed by atoms with E-state index in [4.69, 9.17) is 27.9 Å². The lowest BCUT2D eigenvalue weighted by molar-refractivity contribution is 0.291. The van der Waals surface area contributed by atoms with Crippen molar-refractivity contribution >= 4 is 23.2 Å². The Hall–Kier alpha value is -1.19. The molecule has 0 fully saturated rings. The molecule has 0 aliphatic heterocycles. The van der Waals surface area contributed by atoms with Crippen LogP contribution in [0.4, 0.5) is 0 Å². The number of benzene rings is 1. The molecule has 21 heavy (non-hydrogen) atoms. The molecule has 2 aromatic rings. The maximum Gasteiger partial charge on any atom is 0.236 e. The molecule has 3 nitrogen and oxygen atoms in total. The van der Waals surface area contributed by atoms with Gasteiger partial charge in [-0.3, -0.25) is 0 Å². The van der Waals surface area contributed by atoms with E-state index in [9.17, 15) is 0 Å². The van der Waals surface area contributed by atoms with E-state index in [1.807, 2.05) is 30.7 Å². The zero-order valence-electron chi connectivity index (χ0n) is 12.6. The minimum Gasteiger partial charge on any atom is -0.476 e. The van der Waals surface area contributed by atoms with E-state index in [1.165, 1.54) is 12.8 Å². The molecule has 1 heterocycles. The Morgan fingerprint density at radius 2 is 1.90 bits per heavy atom. The van der Waals surface area contributed by atoms with E-state index in [0.717, 1.165) is 23.4 Å². The lowest BCUT2D eigenvalue weighted by Crippen LogP contribution is -2.01. The molecule has 0 aliphatic rings. The lowest BCUT2D eigenvalue weighted by Gasteiger charge is -2.05. The highest BCUT2D eigenvalue weighted by Crippen LogP contribution is 2.28. The van der Waals surface area contributed by atoms with Crippen LogP contribution < -0.4 is 4.74 Å². The van der Waals surface area contributed by atoms with E-state index in [0.29, 0.717) is 22.5 Å². The standard InChI is InChI=1S/C16H20Cl2N2O/c1-4-5-6-9-21-16-11(2)12(3)20(19-16)13-7-8-14(17)15(18)10-13/h7-8,10H,4-6,9H2,1-3H3. The van der Waals surface area contributed by atoms with Crippen molar-refractivity contribution in [1.82, 2.24) is 9.78 Å². The van der Waals surface area contributed by atoms with E-state index < -0.39 is 0 Å². The molecule has 0 bridgehead atoms. The zero-order chi connectivity index (χ0) is 15.4. The molecule has 0 N–H and O–H groups in total. The van der Waals surface area contributed by atoms with Gasteiger partial charge in [0.2, 0.25) is 5.88 Å². The first-order chi connectivity index (χ1) is 10.0. The quantitative estimate of drug-likeness (QED) is 0.667. The fraction of sp³-hybridized carbons (Fsp3) is 0.438. The van der Waals surface area contributed by atoms with E-state index in [-0.39, 0.29) is 0 Å². The SMILES string of the molecule is CCCCCOc1nn(-c2ccc(Cl)c(Cl)c2)c(C)c1C. The van der Waals surface area contributed by atoms with Gasteiger partial charge in [-0.15, -0.1) is 5.10 Å². The van der Waals surface area contributed by atoms with Gasteiger partial charge in [-0.1, -0.05) is 43.0 Å². The van der Waals surface area contributed by atoms with Gasteiger partial charge in [0, 0.05) is 11.3 Å². The van der Waals surface area contributed by atoms with Gasteiger partial charge in [-0.05, 0) is 38.5 Å². The first-order valence-electron chi connectivity index (χ1n) is 7.19. The van der Waals surface area contributed by atoms with Gasteiger partial charge in [0.15, 0.2) is 0 Å². The second-order valence-electron chi connectivity index (χ2n) is 5.08. The summed E-state index contributed by atoms with van der Waals surface area (Å²) in [5.41, 5.74) is 2.98. The zero-order valence-corrected chi connectivity index (χ0v) is 14.1. The van der Waals surface area contributed by atoms with Crippen molar-refractivity contribution in [1.29, 1.82) is 0 Å². The van der Waals surface area contributed by atoms with Crippen molar-refractivity contribution in [2.45, 2.75) is 40.0 Å². The first-order valence-corrected chi connectivity index (χ1v) is 7.94. The predicted octanol–water partition coefficient (Wildman–Crippen LogP) is 5.36. The highest BCUT2D eigenvalue weighted by Gasteiger charge is 2.14. The fourth-order valence-corrected chi connectivity index (χ4v) is 2.37. The third kappa shape index (κ3) is 3.72. The Labute approximate surface area is 135 Å². The van der Waals surface area contributed by atoms with Crippen LogP contribution in [0.1, 0.15) is 37.4 Å². The van der Waals surface area contributed by atoms with Crippen LogP contribution >= 0.6 is 23.2 Å². The number of aromatic nitrogens is 2. The van der Waals surface area contributed by atoms with Gasteiger partial charge in [0.1, 0.15) is 0 Å². The molecule has 5 heteroatoms. The molecule has 0 atom stereocenters. The summed E-state index contributed by atoms with van der Waals surface area (Å²) in [7, 11) is 0. The summed E-state index contributed by atoms with van der Waals surface area (Å²) in [6.07, 6.45) is 3.40. The van der Waals surface area contributed by atoms with Gasteiger partial charge < -0.3 is 4.74 Å². The second kappa shape index (κ2) is 7.19. The highest BCUT2D eigenvalue weighted by atomic mass is 35.5. The monoisotopic (exact) mass is 326 g/mol. The van der Waals surface area contributed by atoms with Gasteiger partial charge in [-0.2, -0.15) is 0 Å². The summed E-state index contributed by atoms with van der Waals surface area (Å²) < 4.78 is 7.62. The van der Waals surface area contributed by atoms with Gasteiger partial charge >= 0.3 is 0 Å². The molecule has 0 spiro atoms. The smallest absolute Gasteiger partial charge is 0.236 e. The minimum atomic E-state index is 0.520. The molecular formula is C16H20Cl2N2O. The summed E-state index contributed by atoms with van der Waals surface area (Å²) in [5, 5.41) is 5.60. The Balaban J connectivity index is 2.22. The lowest BCUT2D eigenvalue weighted by atomic mass is 10.2. The Morgan fingerprint density at radius 1 is 1.14 bits per heavy atom. The molecule has 1 aromatic heterocycles. The third-order valence-electron chi connectivity index (χ3n) is 3.51. The maximum absolute atomic E-state index is 6.08. The average molecular weight is 327 g/mol. The van der Waals surface area contributed by atoms with Gasteiger partial charge in [-0.25, -0.2) is 4.68 Å². The van der Waals surface area contributed by atoms with Crippen molar-refractivity contribution < 1.29 is 4.74 Å². The summed E-state index contributed by atoms with van der Waals surface area (Å²) in [4.78, 5) is 0. The number of halogens is 2. The molecule has 0 saturated heterocycles. The minimum absolute atomic E-state index is 0.520. The molecule has 0 radical (unpaired) electrons. The summed E-state index contributed by atoms with van der Waals surface area (Å²) >= 11 is 12.0. The number of hydrogen-bond donors (Lipinski definition) is 0. The molecular weight excluding hydrogens is 307 g/mol. The summed E-state index contributed by atoms with van der Waals surface area (Å²) in [6.45, 7) is 6.91. The Bertz CT molecular complexity index is 623. The molecule has 0 amide bonds. The number of rotatable bonds is 6. The molecule has 0 saturated carbocycles. The van der Waals surface area contributed by atoms with Crippen LogP contribution in [0.15, 0.2) is 18.2 Å². The van der Waals surface area contributed by atoms with Gasteiger partial charge in [0.05, 0.1) is 22.3 Å². The molecule has 0 aliphatic carbocycles. The van der Waals surface area contributed by atoms with Crippen molar-refractivity contribution in [2.75, 3.05) is 6.61 Å². The average Bonchev–Trinajstić information content (AvgIpc) is 2.75. The summed E-state index contributed by atoms with van der Waals surface area (Å²) in [5.74, 6) is 0.690. The highest BCUT2D eigenvalue weighted by molar-refractivity contribution is 6.42. The van der Waals surface area contributed by atoms with Crippen LogP contribution in [0, 0.1) is 13.8 Å². The van der Waals surface area contributed by atoms with Crippen molar-refractivity contribution in [3.05, 3.63) is 39.5 Å². The topological polar surface area (TPSA) is 27.1 Å². The molecule has 2 rings (SSSR count). The molecule has 0 unspecified atom stereocenters. The number of nitrogens with zero attached hydrogens (tertiary/aromatic N) is 2. The van der Waals surface area contributed by atoms with Gasteiger partial charge in [0.25, 0.3) is 0 Å². The largest absolute Gasteiger partial charge is 0.476 e. The van der Waals surface area contributed by atoms with Crippen LogP contribution in [0.2, 0.25) is 10.0 Å². The van der Waals surface area contributed by atoms with E-state index in [1.54, 1.807) is 6.07 Å². The van der Waals surface area contributed by atoms with Crippen LogP contribution in [0.3, 0.4) is 0 Å². The second-order valence-corrected chi connectivity index (χ2v) is 5.90. The number of unbranched alkanes of at least 4 members (excludes halogenated alkanes) is 2. The maximum atomic E-state index is 6.08. The van der Waals surface area contributed by atoms with E-state index >= 15 is 0 Å². The van der Waals surface area contributed by atoms with Crippen LogP contribution in [0.5, 0.6) is 5.88 Å². The van der Waals surface area contributed by atoms with Crippen molar-refractivity contribution in [3.63, 3.8) is 0 Å². The number of hydrogen-bond acceptors (Lipinski definition) is 2. The summed E-state index contributed by atoms with van der Waals surface area (Å²) in [6, 6.07) is 5.48. The normalized spacial score (nSPS) is 10.9. The van der Waals surface area contributed by atoms with E-state index in [2.05, 4.69) is 12.0 Å². The Morgan fingerprint density at radius 3 is 2.57 bits per heavy atom. The van der Waals surface area contributed by atoms with Crippen molar-refractivity contribution in [2.24, 2.45) is 0 Å².